The Hall–Kier alpha value is -0.800. The van der Waals surface area contributed by atoms with Crippen LogP contribution < -0.4 is 0 Å². The van der Waals surface area contributed by atoms with Crippen LogP contribution in [0.4, 0.5) is 0 Å². The third-order valence-electron chi connectivity index (χ3n) is 8.93. The molecule has 0 amide bonds. The average Bonchev–Trinajstić information content (AvgIpc) is 3.05. The molecule has 4 heterocycles. The molecule has 4 aliphatic rings. The third-order valence-corrected chi connectivity index (χ3v) is 8.93. The van der Waals surface area contributed by atoms with Crippen LogP contribution in [0.15, 0.2) is 0 Å². The smallest absolute Gasteiger partial charge is 0.187 e. The zero-order valence-corrected chi connectivity index (χ0v) is 25.6. The van der Waals surface area contributed by atoms with Crippen molar-refractivity contribution in [2.75, 3.05) is 26.4 Å². The van der Waals surface area contributed by atoms with Crippen molar-refractivity contribution in [2.45, 2.75) is 136 Å². The highest BCUT2D eigenvalue weighted by molar-refractivity contribution is 5.00. The molecule has 0 saturated carbocycles. The second-order valence-corrected chi connectivity index (χ2v) is 12.5. The molecule has 276 valence electrons. The third kappa shape index (κ3) is 7.92. The predicted molar refractivity (Wildman–Crippen MR) is 147 cm³/mol. The normalized spacial score (nSPS) is 51.3. The SMILES string of the molecule is CC(C)C1O[C@H](CO)[C@@H](O)[C@H](O[C@@H]2O[C@H](CO)[C@@H](O)[C@H](O)[C@H]2O)[C@H]1O[C@@H]1O[C@H](CO)[C@@H](O[C@@H]2O[C@H](CO)[C@@H](O)[C@H](O)[C@H]2O)[C@H](O)[C@H]1O. The molecule has 13 N–H and O–H groups in total. The summed E-state index contributed by atoms with van der Waals surface area (Å²) < 4.78 is 39.8. The molecule has 0 aromatic heterocycles. The Balaban J connectivity index is 1.57. The van der Waals surface area contributed by atoms with Gasteiger partial charge in [-0.25, -0.2) is 0 Å². The van der Waals surface area contributed by atoms with E-state index in [9.17, 15) is 66.4 Å². The van der Waals surface area contributed by atoms with Crippen LogP contribution in [0.5, 0.6) is 0 Å². The van der Waals surface area contributed by atoms with E-state index in [-0.39, 0.29) is 0 Å². The summed E-state index contributed by atoms with van der Waals surface area (Å²) in [6.07, 6.45) is -32.9. The summed E-state index contributed by atoms with van der Waals surface area (Å²) in [6, 6.07) is 0. The van der Waals surface area contributed by atoms with Gasteiger partial charge in [-0.15, -0.1) is 0 Å². The van der Waals surface area contributed by atoms with Crippen LogP contribution >= 0.6 is 0 Å². The van der Waals surface area contributed by atoms with Gasteiger partial charge in [0.15, 0.2) is 18.9 Å². The van der Waals surface area contributed by atoms with Crippen molar-refractivity contribution in [3.63, 3.8) is 0 Å². The minimum absolute atomic E-state index is 0.441. The lowest BCUT2D eigenvalue weighted by molar-refractivity contribution is -0.385. The van der Waals surface area contributed by atoms with Gasteiger partial charge in [-0.2, -0.15) is 0 Å². The lowest BCUT2D eigenvalue weighted by Crippen LogP contribution is -2.68. The number of rotatable bonds is 11. The van der Waals surface area contributed by atoms with Crippen molar-refractivity contribution in [2.24, 2.45) is 5.92 Å². The fourth-order valence-corrected chi connectivity index (χ4v) is 6.11. The minimum atomic E-state index is -1.97. The summed E-state index contributed by atoms with van der Waals surface area (Å²) in [6.45, 7) is 0.269. The van der Waals surface area contributed by atoms with E-state index in [1.807, 2.05) is 0 Å². The highest BCUT2D eigenvalue weighted by atomic mass is 16.8. The van der Waals surface area contributed by atoms with E-state index in [0.717, 1.165) is 0 Å². The topological polar surface area (TPSA) is 328 Å². The van der Waals surface area contributed by atoms with E-state index in [1.54, 1.807) is 13.8 Å². The number of aliphatic hydroxyl groups is 13. The van der Waals surface area contributed by atoms with Gasteiger partial charge in [-0.1, -0.05) is 13.8 Å². The Morgan fingerprint density at radius 3 is 1.19 bits per heavy atom. The Morgan fingerprint density at radius 1 is 0.404 bits per heavy atom. The van der Waals surface area contributed by atoms with Crippen molar-refractivity contribution >= 4 is 0 Å². The second-order valence-electron chi connectivity index (χ2n) is 12.5. The molecule has 0 spiro atoms. The van der Waals surface area contributed by atoms with Crippen LogP contribution in [-0.2, 0) is 33.2 Å². The van der Waals surface area contributed by atoms with Gasteiger partial charge in [-0.3, -0.25) is 0 Å². The van der Waals surface area contributed by atoms with E-state index in [1.165, 1.54) is 0 Å². The molecular formula is C27H48O20. The zero-order chi connectivity index (χ0) is 34.9. The van der Waals surface area contributed by atoms with Gasteiger partial charge < -0.3 is 99.5 Å². The first-order valence-corrected chi connectivity index (χ1v) is 15.3. The molecule has 20 nitrogen and oxygen atoms in total. The van der Waals surface area contributed by atoms with E-state index in [4.69, 9.17) is 33.2 Å². The van der Waals surface area contributed by atoms with Crippen molar-refractivity contribution < 1.29 is 99.5 Å². The van der Waals surface area contributed by atoms with Gasteiger partial charge in [0.05, 0.1) is 32.5 Å². The number of ether oxygens (including phenoxy) is 7. The predicted octanol–water partition coefficient (Wildman–Crippen LogP) is -8.04. The number of aliphatic hydroxyl groups excluding tert-OH is 13. The van der Waals surface area contributed by atoms with E-state index in [0.29, 0.717) is 0 Å². The molecule has 4 aliphatic heterocycles. The lowest BCUT2D eigenvalue weighted by Gasteiger charge is -2.50. The number of hydrogen-bond donors (Lipinski definition) is 13. The quantitative estimate of drug-likeness (QED) is 0.0956. The van der Waals surface area contributed by atoms with Crippen LogP contribution in [0.3, 0.4) is 0 Å². The van der Waals surface area contributed by atoms with Crippen LogP contribution in [0, 0.1) is 5.92 Å². The van der Waals surface area contributed by atoms with Crippen molar-refractivity contribution in [3.05, 3.63) is 0 Å². The molecule has 4 rings (SSSR count). The second kappa shape index (κ2) is 16.5. The van der Waals surface area contributed by atoms with E-state index < -0.39 is 155 Å². The summed E-state index contributed by atoms with van der Waals surface area (Å²) in [5.41, 5.74) is 0. The Kier molecular flexibility index (Phi) is 13.7. The van der Waals surface area contributed by atoms with Crippen LogP contribution in [0.2, 0.25) is 0 Å². The van der Waals surface area contributed by atoms with Crippen molar-refractivity contribution in [1.29, 1.82) is 0 Å². The largest absolute Gasteiger partial charge is 0.394 e. The molecule has 4 fully saturated rings. The van der Waals surface area contributed by atoms with Gasteiger partial charge in [0.25, 0.3) is 0 Å². The van der Waals surface area contributed by atoms with Crippen molar-refractivity contribution in [1.82, 2.24) is 0 Å². The molecule has 0 aromatic carbocycles. The summed E-state index contributed by atoms with van der Waals surface area (Å²) in [7, 11) is 0. The molecule has 4 saturated heterocycles. The first-order chi connectivity index (χ1) is 22.2. The average molecular weight is 693 g/mol. The lowest BCUT2D eigenvalue weighted by atomic mass is 9.88. The molecule has 47 heavy (non-hydrogen) atoms. The molecule has 20 heteroatoms. The maximum absolute atomic E-state index is 11.1. The zero-order valence-electron chi connectivity index (χ0n) is 25.6. The minimum Gasteiger partial charge on any atom is -0.394 e. The fraction of sp³-hybridized carbons (Fsp3) is 1.00. The maximum atomic E-state index is 11.1. The molecule has 0 bridgehead atoms. The van der Waals surface area contributed by atoms with Gasteiger partial charge in [0.1, 0.15) is 97.7 Å². The summed E-state index contributed by atoms with van der Waals surface area (Å²) in [5, 5.41) is 134. The maximum Gasteiger partial charge on any atom is 0.187 e. The first kappa shape index (κ1) is 39.0. The summed E-state index contributed by atoms with van der Waals surface area (Å²) >= 11 is 0. The molecule has 20 atom stereocenters. The van der Waals surface area contributed by atoms with Crippen LogP contribution in [-0.4, -0.2) is 215 Å². The summed E-state index contributed by atoms with van der Waals surface area (Å²) in [5.74, 6) is -0.441. The number of hydrogen-bond acceptors (Lipinski definition) is 20. The fourth-order valence-electron chi connectivity index (χ4n) is 6.11. The van der Waals surface area contributed by atoms with Gasteiger partial charge >= 0.3 is 0 Å². The Morgan fingerprint density at radius 2 is 0.766 bits per heavy atom. The van der Waals surface area contributed by atoms with Gasteiger partial charge in [-0.05, 0) is 5.92 Å². The molecule has 0 aromatic rings. The first-order valence-electron chi connectivity index (χ1n) is 15.3. The monoisotopic (exact) mass is 692 g/mol. The molecule has 1 unspecified atom stereocenters. The van der Waals surface area contributed by atoms with Gasteiger partial charge in [0, 0.05) is 0 Å². The van der Waals surface area contributed by atoms with Crippen LogP contribution in [0.25, 0.3) is 0 Å². The molecule has 0 aliphatic carbocycles. The van der Waals surface area contributed by atoms with E-state index in [2.05, 4.69) is 0 Å². The Bertz CT molecular complexity index is 957. The van der Waals surface area contributed by atoms with E-state index >= 15 is 0 Å². The molecule has 0 radical (unpaired) electrons. The highest BCUT2D eigenvalue weighted by Crippen LogP contribution is 2.36. The summed E-state index contributed by atoms with van der Waals surface area (Å²) in [4.78, 5) is 0. The van der Waals surface area contributed by atoms with Crippen LogP contribution in [0.1, 0.15) is 13.8 Å². The van der Waals surface area contributed by atoms with Gasteiger partial charge in [0.2, 0.25) is 0 Å². The molecular weight excluding hydrogens is 644 g/mol. The Labute approximate surface area is 268 Å². The standard InChI is InChI=1S/C27H48O20/c1-7(2)21-24(23(14(34)10(5-30)41-21)46-26-19(39)16(36)13(33)9(4-29)43-26)47-27-20(40)17(37)22(11(6-31)44-27)45-25-18(38)15(35)12(32)8(3-28)42-25/h7-40H,3-6H2,1-2H3/t8-,9-,10-,11-,12-,13-,14-,15+,16+,17-,18-,19-,20-,21?,22-,23+,24+,25+,26+,27+/m1/s1. The van der Waals surface area contributed by atoms with Crippen molar-refractivity contribution in [3.8, 4) is 0 Å². The highest BCUT2D eigenvalue weighted by Gasteiger charge is 2.56.